The van der Waals surface area contributed by atoms with Crippen LogP contribution in [0.3, 0.4) is 0 Å². The molecule has 0 unspecified atom stereocenters. The first kappa shape index (κ1) is 17.8. The molecule has 2 aromatic carbocycles. The number of carbonyl (C=O) groups is 1. The number of benzene rings is 2. The highest BCUT2D eigenvalue weighted by molar-refractivity contribution is 5.80. The first-order valence-electron chi connectivity index (χ1n) is 8.72. The molecule has 1 N–H and O–H groups in total. The van der Waals surface area contributed by atoms with Gasteiger partial charge in [-0.1, -0.05) is 24.3 Å². The average molecular weight is 352 g/mol. The first-order valence-corrected chi connectivity index (χ1v) is 8.72. The zero-order valence-electron chi connectivity index (χ0n) is 15.4. The van der Waals surface area contributed by atoms with Crippen LogP contribution in [0, 0.1) is 0 Å². The molecule has 6 heteroatoms. The van der Waals surface area contributed by atoms with E-state index in [0.717, 1.165) is 22.3 Å². The summed E-state index contributed by atoms with van der Waals surface area (Å²) in [7, 11) is 3.97. The summed E-state index contributed by atoms with van der Waals surface area (Å²) in [5.74, 6) is -0.178. The number of hydrogen-bond acceptors (Lipinski definition) is 3. The molecule has 1 aromatic heterocycles. The Balaban J connectivity index is 1.72. The van der Waals surface area contributed by atoms with Crippen LogP contribution in [-0.4, -0.2) is 29.1 Å². The van der Waals surface area contributed by atoms with Crippen molar-refractivity contribution in [3.8, 4) is 0 Å². The molecule has 0 bridgehead atoms. The van der Waals surface area contributed by atoms with Gasteiger partial charge in [0.25, 0.3) is 0 Å². The number of aromatic nitrogens is 2. The van der Waals surface area contributed by atoms with Crippen molar-refractivity contribution >= 4 is 22.6 Å². The van der Waals surface area contributed by atoms with E-state index in [0.29, 0.717) is 13.1 Å². The molecule has 0 aliphatic rings. The van der Waals surface area contributed by atoms with Crippen molar-refractivity contribution < 1.29 is 4.79 Å². The molecule has 0 saturated heterocycles. The third-order valence-electron chi connectivity index (χ3n) is 4.49. The molecule has 136 valence electrons. The third-order valence-corrected chi connectivity index (χ3v) is 4.49. The van der Waals surface area contributed by atoms with Gasteiger partial charge >= 0.3 is 5.69 Å². The standard InChI is InChI=1S/C20H24N4O2/c1-4-23-17-7-5-6-8-18(17)24(20(23)26)14-19(25)21-13-15-9-11-16(12-10-15)22(2)3/h5-12H,4,13-14H2,1-3H3,(H,21,25). The molecule has 1 amide bonds. The quantitative estimate of drug-likeness (QED) is 0.740. The maximum absolute atomic E-state index is 12.6. The number of imidazole rings is 1. The third kappa shape index (κ3) is 3.49. The minimum atomic E-state index is -0.178. The normalized spacial score (nSPS) is 10.9. The van der Waals surface area contributed by atoms with Gasteiger partial charge in [-0.05, 0) is 36.8 Å². The second kappa shape index (κ2) is 7.47. The topological polar surface area (TPSA) is 59.3 Å². The van der Waals surface area contributed by atoms with Crippen molar-refractivity contribution in [2.75, 3.05) is 19.0 Å². The molecule has 0 aliphatic heterocycles. The van der Waals surface area contributed by atoms with Gasteiger partial charge in [0.05, 0.1) is 11.0 Å². The fourth-order valence-electron chi connectivity index (χ4n) is 3.04. The highest BCUT2D eigenvalue weighted by Crippen LogP contribution is 2.13. The predicted octanol–water partition coefficient (Wildman–Crippen LogP) is 2.21. The van der Waals surface area contributed by atoms with Crippen LogP contribution in [0.15, 0.2) is 53.3 Å². The Bertz CT molecular complexity index is 968. The Morgan fingerprint density at radius 1 is 1.00 bits per heavy atom. The number of anilines is 1. The predicted molar refractivity (Wildman–Crippen MR) is 104 cm³/mol. The molecule has 6 nitrogen and oxygen atoms in total. The SMILES string of the molecule is CCn1c(=O)n(CC(=O)NCc2ccc(N(C)C)cc2)c2ccccc21. The number of nitrogens with one attached hydrogen (secondary N) is 1. The average Bonchev–Trinajstić information content (AvgIpc) is 2.91. The number of rotatable bonds is 6. The molecule has 3 rings (SSSR count). The molecule has 1 heterocycles. The summed E-state index contributed by atoms with van der Waals surface area (Å²) in [6, 6.07) is 15.6. The van der Waals surface area contributed by atoms with Crippen LogP contribution >= 0.6 is 0 Å². The number of fused-ring (bicyclic) bond motifs is 1. The van der Waals surface area contributed by atoms with Crippen LogP contribution in [0.25, 0.3) is 11.0 Å². The van der Waals surface area contributed by atoms with E-state index in [9.17, 15) is 9.59 Å². The maximum Gasteiger partial charge on any atom is 0.329 e. The first-order chi connectivity index (χ1) is 12.5. The van der Waals surface area contributed by atoms with Crippen LogP contribution < -0.4 is 15.9 Å². The van der Waals surface area contributed by atoms with E-state index in [4.69, 9.17) is 0 Å². The van der Waals surface area contributed by atoms with Crippen LogP contribution in [-0.2, 0) is 24.4 Å². The van der Waals surface area contributed by atoms with E-state index < -0.39 is 0 Å². The van der Waals surface area contributed by atoms with Gasteiger partial charge in [0.15, 0.2) is 0 Å². The van der Waals surface area contributed by atoms with Gasteiger partial charge in [-0.2, -0.15) is 0 Å². The van der Waals surface area contributed by atoms with Crippen molar-refractivity contribution in [2.45, 2.75) is 26.6 Å². The second-order valence-electron chi connectivity index (χ2n) is 6.44. The van der Waals surface area contributed by atoms with Crippen molar-refractivity contribution in [1.29, 1.82) is 0 Å². The Morgan fingerprint density at radius 3 is 2.19 bits per heavy atom. The lowest BCUT2D eigenvalue weighted by Gasteiger charge is -2.13. The Hall–Kier alpha value is -3.02. The van der Waals surface area contributed by atoms with E-state index >= 15 is 0 Å². The Kier molecular flexibility index (Phi) is 5.11. The number of hydrogen-bond donors (Lipinski definition) is 1. The van der Waals surface area contributed by atoms with Gasteiger partial charge in [0.1, 0.15) is 6.54 Å². The van der Waals surface area contributed by atoms with Crippen LogP contribution in [0.2, 0.25) is 0 Å². The fourth-order valence-corrected chi connectivity index (χ4v) is 3.04. The minimum Gasteiger partial charge on any atom is -0.378 e. The highest BCUT2D eigenvalue weighted by atomic mass is 16.2. The van der Waals surface area contributed by atoms with E-state index in [-0.39, 0.29) is 18.1 Å². The molecule has 26 heavy (non-hydrogen) atoms. The van der Waals surface area contributed by atoms with Crippen LogP contribution in [0.4, 0.5) is 5.69 Å². The van der Waals surface area contributed by atoms with E-state index in [1.54, 1.807) is 4.57 Å². The monoisotopic (exact) mass is 352 g/mol. The Labute approximate surface area is 152 Å². The summed E-state index contributed by atoms with van der Waals surface area (Å²) in [6.07, 6.45) is 0. The molecule has 0 radical (unpaired) electrons. The number of aryl methyl sites for hydroxylation is 1. The van der Waals surface area contributed by atoms with E-state index in [2.05, 4.69) is 5.32 Å². The lowest BCUT2D eigenvalue weighted by atomic mass is 10.2. The van der Waals surface area contributed by atoms with Gasteiger partial charge in [-0.25, -0.2) is 4.79 Å². The number of amides is 1. The van der Waals surface area contributed by atoms with E-state index in [1.165, 1.54) is 4.57 Å². The van der Waals surface area contributed by atoms with Crippen molar-refractivity contribution in [3.63, 3.8) is 0 Å². The summed E-state index contributed by atoms with van der Waals surface area (Å²) in [5.41, 5.74) is 3.61. The molecule has 0 saturated carbocycles. The zero-order valence-corrected chi connectivity index (χ0v) is 15.4. The van der Waals surface area contributed by atoms with Crippen molar-refractivity contribution in [2.24, 2.45) is 0 Å². The summed E-state index contributed by atoms with van der Waals surface area (Å²) in [6.45, 7) is 2.96. The molecule has 0 spiro atoms. The number of carbonyl (C=O) groups excluding carboxylic acids is 1. The maximum atomic E-state index is 12.6. The van der Waals surface area contributed by atoms with Gasteiger partial charge in [-0.15, -0.1) is 0 Å². The number of nitrogens with zero attached hydrogens (tertiary/aromatic N) is 3. The van der Waals surface area contributed by atoms with Crippen LogP contribution in [0.5, 0.6) is 0 Å². The molecule has 0 fully saturated rings. The summed E-state index contributed by atoms with van der Waals surface area (Å²) in [5, 5.41) is 2.89. The number of para-hydroxylation sites is 2. The molecule has 0 aliphatic carbocycles. The van der Waals surface area contributed by atoms with Crippen LogP contribution in [0.1, 0.15) is 12.5 Å². The van der Waals surface area contributed by atoms with Crippen molar-refractivity contribution in [1.82, 2.24) is 14.5 Å². The molecular weight excluding hydrogens is 328 g/mol. The smallest absolute Gasteiger partial charge is 0.329 e. The Morgan fingerprint density at radius 2 is 1.62 bits per heavy atom. The van der Waals surface area contributed by atoms with Gasteiger partial charge < -0.3 is 10.2 Å². The lowest BCUT2D eigenvalue weighted by Crippen LogP contribution is -2.32. The molecule has 0 atom stereocenters. The zero-order chi connectivity index (χ0) is 18.7. The second-order valence-corrected chi connectivity index (χ2v) is 6.44. The van der Waals surface area contributed by atoms with Gasteiger partial charge in [0, 0.05) is 32.9 Å². The summed E-state index contributed by atoms with van der Waals surface area (Å²) < 4.78 is 3.21. The van der Waals surface area contributed by atoms with Crippen molar-refractivity contribution in [3.05, 3.63) is 64.6 Å². The summed E-state index contributed by atoms with van der Waals surface area (Å²) >= 11 is 0. The van der Waals surface area contributed by atoms with Gasteiger partial charge in [0.2, 0.25) is 5.91 Å². The fraction of sp³-hybridized carbons (Fsp3) is 0.300. The summed E-state index contributed by atoms with van der Waals surface area (Å²) in [4.78, 5) is 27.0. The molecule has 3 aromatic rings. The molecular formula is C20H24N4O2. The minimum absolute atomic E-state index is 0.0160. The van der Waals surface area contributed by atoms with Gasteiger partial charge in [-0.3, -0.25) is 13.9 Å². The highest BCUT2D eigenvalue weighted by Gasteiger charge is 2.14. The lowest BCUT2D eigenvalue weighted by molar-refractivity contribution is -0.121. The van der Waals surface area contributed by atoms with E-state index in [1.807, 2.05) is 74.4 Å². The largest absolute Gasteiger partial charge is 0.378 e.